The molecular formula is C20H21ClN2O3. The summed E-state index contributed by atoms with van der Waals surface area (Å²) in [6, 6.07) is 14.5. The van der Waals surface area contributed by atoms with E-state index in [1.165, 1.54) is 0 Å². The summed E-state index contributed by atoms with van der Waals surface area (Å²) in [6.45, 7) is 2.30. The number of rotatable bonds is 5. The highest BCUT2D eigenvalue weighted by Gasteiger charge is 2.35. The molecule has 1 fully saturated rings. The highest BCUT2D eigenvalue weighted by molar-refractivity contribution is 6.30. The quantitative estimate of drug-likeness (QED) is 0.872. The lowest BCUT2D eigenvalue weighted by Gasteiger charge is -2.19. The number of halogens is 1. The molecule has 2 atom stereocenters. The second-order valence-electron chi connectivity index (χ2n) is 6.39. The van der Waals surface area contributed by atoms with Gasteiger partial charge in [0.2, 0.25) is 11.8 Å². The Hall–Kier alpha value is -2.53. The van der Waals surface area contributed by atoms with Crippen LogP contribution in [0.3, 0.4) is 0 Å². The summed E-state index contributed by atoms with van der Waals surface area (Å²) in [5, 5.41) is 3.64. The van der Waals surface area contributed by atoms with Crippen LogP contribution in [-0.4, -0.2) is 25.5 Å². The molecule has 1 aliphatic heterocycles. The van der Waals surface area contributed by atoms with Gasteiger partial charge in [0.1, 0.15) is 5.75 Å². The second kappa shape index (κ2) is 7.79. The van der Waals surface area contributed by atoms with Crippen LogP contribution in [0.4, 0.5) is 5.69 Å². The Bertz CT molecular complexity index is 790. The minimum Gasteiger partial charge on any atom is -0.497 e. The molecular weight excluding hydrogens is 352 g/mol. The molecule has 136 valence electrons. The molecule has 1 N–H and O–H groups in total. The average Bonchev–Trinajstić information content (AvgIpc) is 3.04. The molecule has 5 nitrogen and oxygen atoms in total. The van der Waals surface area contributed by atoms with Crippen LogP contribution in [-0.2, 0) is 9.59 Å². The number of ether oxygens (including phenoxy) is 1. The second-order valence-corrected chi connectivity index (χ2v) is 6.82. The maximum Gasteiger partial charge on any atom is 0.227 e. The summed E-state index contributed by atoms with van der Waals surface area (Å²) < 4.78 is 5.14. The third-order valence-corrected chi connectivity index (χ3v) is 4.86. The van der Waals surface area contributed by atoms with Gasteiger partial charge in [-0.3, -0.25) is 9.59 Å². The lowest BCUT2D eigenvalue weighted by molar-refractivity contribution is -0.126. The Kier molecular flexibility index (Phi) is 5.47. The van der Waals surface area contributed by atoms with Crippen LogP contribution in [0.15, 0.2) is 48.5 Å². The van der Waals surface area contributed by atoms with Gasteiger partial charge in [-0.05, 0) is 48.9 Å². The molecule has 0 aliphatic carbocycles. The molecule has 6 heteroatoms. The van der Waals surface area contributed by atoms with E-state index in [1.807, 2.05) is 31.2 Å². The Morgan fingerprint density at radius 3 is 2.46 bits per heavy atom. The van der Waals surface area contributed by atoms with Crippen molar-refractivity contribution in [3.05, 3.63) is 59.1 Å². The molecule has 0 spiro atoms. The van der Waals surface area contributed by atoms with Crippen molar-refractivity contribution in [3.63, 3.8) is 0 Å². The summed E-state index contributed by atoms with van der Waals surface area (Å²) >= 11 is 5.90. The average molecular weight is 373 g/mol. The number of amides is 2. The number of carbonyl (C=O) groups is 2. The number of nitrogens with one attached hydrogen (secondary N) is 1. The van der Waals surface area contributed by atoms with E-state index in [4.69, 9.17) is 16.3 Å². The predicted molar refractivity (Wildman–Crippen MR) is 101 cm³/mol. The maximum atomic E-state index is 12.6. The first-order valence-corrected chi connectivity index (χ1v) is 8.86. The highest BCUT2D eigenvalue weighted by Crippen LogP contribution is 2.27. The molecule has 1 heterocycles. The first-order chi connectivity index (χ1) is 12.5. The molecule has 0 bridgehead atoms. The fourth-order valence-electron chi connectivity index (χ4n) is 3.06. The Morgan fingerprint density at radius 1 is 1.19 bits per heavy atom. The fourth-order valence-corrected chi connectivity index (χ4v) is 3.19. The summed E-state index contributed by atoms with van der Waals surface area (Å²) in [4.78, 5) is 26.6. The van der Waals surface area contributed by atoms with Crippen LogP contribution in [0, 0.1) is 5.92 Å². The summed E-state index contributed by atoms with van der Waals surface area (Å²) in [5.41, 5.74) is 1.75. The van der Waals surface area contributed by atoms with Gasteiger partial charge in [0.05, 0.1) is 19.1 Å². The topological polar surface area (TPSA) is 58.6 Å². The van der Waals surface area contributed by atoms with Gasteiger partial charge >= 0.3 is 0 Å². The van der Waals surface area contributed by atoms with Gasteiger partial charge in [-0.1, -0.05) is 23.7 Å². The SMILES string of the molecule is COc1ccc(N2CC(C(=O)NC(C)c3ccc(Cl)cc3)CC2=O)cc1. The van der Waals surface area contributed by atoms with Crippen molar-refractivity contribution < 1.29 is 14.3 Å². The molecule has 1 aliphatic rings. The third kappa shape index (κ3) is 3.99. The van der Waals surface area contributed by atoms with Crippen molar-refractivity contribution in [1.29, 1.82) is 0 Å². The van der Waals surface area contributed by atoms with Crippen molar-refractivity contribution in [2.75, 3.05) is 18.6 Å². The molecule has 2 aromatic carbocycles. The first kappa shape index (κ1) is 18.3. The zero-order valence-electron chi connectivity index (χ0n) is 14.7. The Morgan fingerprint density at radius 2 is 1.85 bits per heavy atom. The molecule has 0 saturated carbocycles. The number of carbonyl (C=O) groups excluding carboxylic acids is 2. The van der Waals surface area contributed by atoms with E-state index in [0.29, 0.717) is 11.6 Å². The van der Waals surface area contributed by atoms with Crippen LogP contribution in [0.2, 0.25) is 5.02 Å². The monoisotopic (exact) mass is 372 g/mol. The van der Waals surface area contributed by atoms with Gasteiger partial charge in [-0.15, -0.1) is 0 Å². The van der Waals surface area contributed by atoms with Gasteiger partial charge in [0, 0.05) is 23.7 Å². The van der Waals surface area contributed by atoms with E-state index in [9.17, 15) is 9.59 Å². The van der Waals surface area contributed by atoms with Crippen LogP contribution < -0.4 is 15.0 Å². The summed E-state index contributed by atoms with van der Waals surface area (Å²) in [7, 11) is 1.60. The van der Waals surface area contributed by atoms with Gasteiger partial charge in [0.25, 0.3) is 0 Å². The molecule has 3 rings (SSSR count). The van der Waals surface area contributed by atoms with Crippen molar-refractivity contribution in [1.82, 2.24) is 5.32 Å². The van der Waals surface area contributed by atoms with Gasteiger partial charge in [-0.25, -0.2) is 0 Å². The molecule has 0 aromatic heterocycles. The molecule has 0 radical (unpaired) electrons. The summed E-state index contributed by atoms with van der Waals surface area (Å²) in [5.74, 6) is 0.206. The number of benzene rings is 2. The molecule has 1 saturated heterocycles. The normalized spacial score (nSPS) is 17.9. The number of hydrogen-bond acceptors (Lipinski definition) is 3. The van der Waals surface area contributed by atoms with E-state index in [-0.39, 0.29) is 30.2 Å². The van der Waals surface area contributed by atoms with Crippen molar-refractivity contribution in [3.8, 4) is 5.75 Å². The smallest absolute Gasteiger partial charge is 0.227 e. The zero-order valence-corrected chi connectivity index (χ0v) is 15.5. The first-order valence-electron chi connectivity index (χ1n) is 8.48. The predicted octanol–water partition coefficient (Wildman–Crippen LogP) is 3.58. The number of nitrogens with zero attached hydrogens (tertiary/aromatic N) is 1. The molecule has 2 unspecified atom stereocenters. The van der Waals surface area contributed by atoms with E-state index in [2.05, 4.69) is 5.32 Å². The van der Waals surface area contributed by atoms with Crippen molar-refractivity contribution in [2.45, 2.75) is 19.4 Å². The lowest BCUT2D eigenvalue weighted by atomic mass is 10.1. The maximum absolute atomic E-state index is 12.6. The van der Waals surface area contributed by atoms with E-state index >= 15 is 0 Å². The fraction of sp³-hybridized carbons (Fsp3) is 0.300. The van der Waals surface area contributed by atoms with E-state index < -0.39 is 0 Å². The minimum atomic E-state index is -0.362. The van der Waals surface area contributed by atoms with Gasteiger partial charge < -0.3 is 15.0 Å². The van der Waals surface area contributed by atoms with Crippen LogP contribution in [0.5, 0.6) is 5.75 Å². The molecule has 26 heavy (non-hydrogen) atoms. The Balaban J connectivity index is 1.63. The summed E-state index contributed by atoms with van der Waals surface area (Å²) in [6.07, 6.45) is 0.213. The van der Waals surface area contributed by atoms with Crippen LogP contribution >= 0.6 is 11.6 Å². The zero-order chi connectivity index (χ0) is 18.7. The van der Waals surface area contributed by atoms with E-state index in [0.717, 1.165) is 17.0 Å². The molecule has 2 aromatic rings. The lowest BCUT2D eigenvalue weighted by Crippen LogP contribution is -2.34. The minimum absolute atomic E-state index is 0.0468. The number of methoxy groups -OCH3 is 1. The molecule has 2 amide bonds. The van der Waals surface area contributed by atoms with E-state index in [1.54, 1.807) is 36.3 Å². The standard InChI is InChI=1S/C20H21ClN2O3/c1-13(14-3-5-16(21)6-4-14)22-20(25)15-11-19(24)23(12-15)17-7-9-18(26-2)10-8-17/h3-10,13,15H,11-12H2,1-2H3,(H,22,25). The van der Waals surface area contributed by atoms with Crippen LogP contribution in [0.25, 0.3) is 0 Å². The third-order valence-electron chi connectivity index (χ3n) is 4.61. The van der Waals surface area contributed by atoms with Crippen LogP contribution in [0.1, 0.15) is 24.9 Å². The Labute approximate surface area is 157 Å². The van der Waals surface area contributed by atoms with Gasteiger partial charge in [-0.2, -0.15) is 0 Å². The number of hydrogen-bond donors (Lipinski definition) is 1. The highest BCUT2D eigenvalue weighted by atomic mass is 35.5. The largest absolute Gasteiger partial charge is 0.497 e. The number of anilines is 1. The van der Waals surface area contributed by atoms with Crippen molar-refractivity contribution >= 4 is 29.1 Å². The van der Waals surface area contributed by atoms with Gasteiger partial charge in [0.15, 0.2) is 0 Å². The van der Waals surface area contributed by atoms with Crippen molar-refractivity contribution in [2.24, 2.45) is 5.92 Å².